The molecule has 106 valence electrons. The van der Waals surface area contributed by atoms with Crippen molar-refractivity contribution in [2.24, 2.45) is 0 Å². The van der Waals surface area contributed by atoms with Crippen molar-refractivity contribution >= 4 is 49.3 Å². The lowest BCUT2D eigenvalue weighted by molar-refractivity contribution is -0.115. The number of nitrogens with zero attached hydrogens (tertiary/aromatic N) is 1. The van der Waals surface area contributed by atoms with Crippen LogP contribution in [-0.4, -0.2) is 25.2 Å². The minimum atomic E-state index is -0.662. The van der Waals surface area contributed by atoms with Crippen LogP contribution in [0.15, 0.2) is 11.1 Å². The van der Waals surface area contributed by atoms with Crippen LogP contribution in [0.5, 0.6) is 5.75 Å². The van der Waals surface area contributed by atoms with Gasteiger partial charge in [-0.15, -0.1) is 0 Å². The van der Waals surface area contributed by atoms with Crippen LogP contribution in [0.25, 0.3) is 6.08 Å². The second-order valence-corrected chi connectivity index (χ2v) is 6.05. The smallest absolute Gasteiger partial charge is 0.263 e. The molecule has 2 heterocycles. The average Bonchev–Trinajstić information content (AvgIpc) is 2.72. The van der Waals surface area contributed by atoms with E-state index in [1.807, 2.05) is 0 Å². The lowest BCUT2D eigenvalue weighted by atomic mass is 10.1. The summed E-state index contributed by atoms with van der Waals surface area (Å²) in [6, 6.07) is 0. The Kier molecular flexibility index (Phi) is 5.06. The number of hydrogen-bond donors (Lipinski definition) is 3. The van der Waals surface area contributed by atoms with E-state index >= 15 is 0 Å². The molecule has 6 nitrogen and oxygen atoms in total. The van der Waals surface area contributed by atoms with E-state index in [0.717, 1.165) is 11.8 Å². The van der Waals surface area contributed by atoms with Gasteiger partial charge < -0.3 is 19.8 Å². The van der Waals surface area contributed by atoms with Crippen molar-refractivity contribution in [3.63, 3.8) is 0 Å². The number of aryl methyl sites for hydroxylation is 1. The van der Waals surface area contributed by atoms with E-state index in [1.165, 1.54) is 6.20 Å². The van der Waals surface area contributed by atoms with E-state index in [0.29, 0.717) is 26.0 Å². The molecule has 0 radical (unpaired) electrons. The van der Waals surface area contributed by atoms with Crippen LogP contribution >= 0.6 is 33.0 Å². The number of thioether (sulfide) groups is 1. The molecule has 1 aliphatic heterocycles. The van der Waals surface area contributed by atoms with Gasteiger partial charge in [-0.25, -0.2) is 0 Å². The van der Waals surface area contributed by atoms with Gasteiger partial charge in [0.15, 0.2) is 9.03 Å². The summed E-state index contributed by atoms with van der Waals surface area (Å²) >= 11 is 6.04. The van der Waals surface area contributed by atoms with E-state index in [1.54, 1.807) is 13.0 Å². The molecule has 1 aromatic rings. The molecule has 2 rings (SSSR count). The molecule has 1 unspecified atom stereocenters. The zero-order valence-electron chi connectivity index (χ0n) is 10.3. The van der Waals surface area contributed by atoms with E-state index in [4.69, 9.17) is 21.6 Å². The summed E-state index contributed by atoms with van der Waals surface area (Å²) in [7, 11) is -0.662. The fraction of sp³-hybridized carbons (Fsp3) is 0.182. The number of thiocarbonyl (C=S) groups is 1. The van der Waals surface area contributed by atoms with Gasteiger partial charge in [0, 0.05) is 17.3 Å². The van der Waals surface area contributed by atoms with Gasteiger partial charge in [-0.3, -0.25) is 9.78 Å². The van der Waals surface area contributed by atoms with Gasteiger partial charge in [-0.2, -0.15) is 0 Å². The maximum Gasteiger partial charge on any atom is 0.263 e. The molecule has 0 saturated carbocycles. The van der Waals surface area contributed by atoms with Gasteiger partial charge in [-0.05, 0) is 13.0 Å². The first kappa shape index (κ1) is 15.3. The highest BCUT2D eigenvalue weighted by Crippen LogP contribution is 2.32. The Hall–Kier alpha value is -1.05. The third-order valence-electron chi connectivity index (χ3n) is 2.57. The summed E-state index contributed by atoms with van der Waals surface area (Å²) in [6.45, 7) is 1.74. The molecule has 20 heavy (non-hydrogen) atoms. The van der Waals surface area contributed by atoms with Gasteiger partial charge >= 0.3 is 0 Å². The predicted molar refractivity (Wildman–Crippen MR) is 82.3 cm³/mol. The third kappa shape index (κ3) is 3.34. The van der Waals surface area contributed by atoms with Gasteiger partial charge in [-0.1, -0.05) is 24.0 Å². The normalized spacial score (nSPS) is 17.4. The highest BCUT2D eigenvalue weighted by atomic mass is 32.2. The minimum Gasteiger partial charge on any atom is -0.505 e. The van der Waals surface area contributed by atoms with Crippen LogP contribution in [0.2, 0.25) is 0 Å². The molecule has 1 atom stereocenters. The van der Waals surface area contributed by atoms with Crippen LogP contribution in [-0.2, 0) is 15.9 Å². The minimum absolute atomic E-state index is 0.0221. The van der Waals surface area contributed by atoms with Crippen molar-refractivity contribution in [3.05, 3.63) is 27.9 Å². The van der Waals surface area contributed by atoms with E-state index < -0.39 is 9.03 Å². The SMILES string of the molecule is Cc1ncc(COPO)c(/C=C2\SC(=S)NC2=O)c1O. The fourth-order valence-electron chi connectivity index (χ4n) is 1.59. The molecule has 0 bridgehead atoms. The Morgan fingerprint density at radius 2 is 2.40 bits per heavy atom. The van der Waals surface area contributed by atoms with Gasteiger partial charge in [0.2, 0.25) is 0 Å². The average molecular weight is 330 g/mol. The molecule has 1 fully saturated rings. The van der Waals surface area contributed by atoms with E-state index in [-0.39, 0.29) is 18.3 Å². The molecule has 1 aliphatic rings. The number of nitrogens with one attached hydrogen (secondary N) is 1. The van der Waals surface area contributed by atoms with Crippen LogP contribution in [0.3, 0.4) is 0 Å². The first-order valence-electron chi connectivity index (χ1n) is 5.46. The topological polar surface area (TPSA) is 91.7 Å². The van der Waals surface area contributed by atoms with Crippen LogP contribution < -0.4 is 5.32 Å². The molecule has 9 heteroatoms. The Labute approximate surface area is 126 Å². The molecule has 0 aliphatic carbocycles. The lowest BCUT2D eigenvalue weighted by Gasteiger charge is -2.09. The van der Waals surface area contributed by atoms with Gasteiger partial charge in [0.05, 0.1) is 17.2 Å². The van der Waals surface area contributed by atoms with E-state index in [9.17, 15) is 9.90 Å². The second-order valence-electron chi connectivity index (χ2n) is 3.86. The third-order valence-corrected chi connectivity index (χ3v) is 4.00. The quantitative estimate of drug-likeness (QED) is 0.439. The lowest BCUT2D eigenvalue weighted by Crippen LogP contribution is -2.17. The molecule has 3 N–H and O–H groups in total. The first-order valence-corrected chi connectivity index (χ1v) is 7.54. The Balaban J connectivity index is 2.43. The number of aromatic nitrogens is 1. The monoisotopic (exact) mass is 330 g/mol. The number of amides is 1. The Bertz CT molecular complexity index is 606. The van der Waals surface area contributed by atoms with Crippen molar-refractivity contribution in [2.75, 3.05) is 0 Å². The van der Waals surface area contributed by atoms with Crippen molar-refractivity contribution in [1.29, 1.82) is 0 Å². The summed E-state index contributed by atoms with van der Waals surface area (Å²) in [4.78, 5) is 24.8. The number of pyridine rings is 1. The summed E-state index contributed by atoms with van der Waals surface area (Å²) < 4.78 is 5.31. The summed E-state index contributed by atoms with van der Waals surface area (Å²) in [5, 5.41) is 12.6. The van der Waals surface area contributed by atoms with Gasteiger partial charge in [0.1, 0.15) is 10.1 Å². The molecular formula is C11H11N2O4PS2. The molecular weight excluding hydrogens is 319 g/mol. The Morgan fingerprint density at radius 1 is 1.65 bits per heavy atom. The highest BCUT2D eigenvalue weighted by molar-refractivity contribution is 8.26. The van der Waals surface area contributed by atoms with Crippen molar-refractivity contribution in [3.8, 4) is 5.75 Å². The maximum atomic E-state index is 11.7. The summed E-state index contributed by atoms with van der Waals surface area (Å²) in [5.41, 5.74) is 1.46. The standard InChI is InChI=1S/C11H11N2O4PS2/c1-5-9(14)7(6(3-12-5)4-17-18-16)2-8-10(15)13-11(19)20-8/h2-3,14,16,18H,4H2,1H3,(H,13,15,19)/b8-2-. The largest absolute Gasteiger partial charge is 0.505 e. The van der Waals surface area contributed by atoms with Gasteiger partial charge in [0.25, 0.3) is 5.91 Å². The number of carbonyl (C=O) groups excluding carboxylic acids is 1. The number of carbonyl (C=O) groups is 1. The molecule has 0 spiro atoms. The van der Waals surface area contributed by atoms with Crippen LogP contribution in [0, 0.1) is 6.92 Å². The maximum absolute atomic E-state index is 11.7. The van der Waals surface area contributed by atoms with Crippen molar-refractivity contribution < 1.29 is 19.3 Å². The first-order chi connectivity index (χ1) is 9.52. The Morgan fingerprint density at radius 3 is 3.00 bits per heavy atom. The van der Waals surface area contributed by atoms with Crippen LogP contribution in [0.4, 0.5) is 0 Å². The number of aromatic hydroxyl groups is 1. The van der Waals surface area contributed by atoms with Crippen LogP contribution in [0.1, 0.15) is 16.8 Å². The number of rotatable bonds is 4. The predicted octanol–water partition coefficient (Wildman–Crippen LogP) is 1.60. The second kappa shape index (κ2) is 6.60. The molecule has 1 aromatic heterocycles. The molecule has 0 aromatic carbocycles. The summed E-state index contributed by atoms with van der Waals surface area (Å²) in [6.07, 6.45) is 3.08. The summed E-state index contributed by atoms with van der Waals surface area (Å²) in [5.74, 6) is -0.323. The zero-order valence-corrected chi connectivity index (χ0v) is 13.0. The number of hydrogen-bond acceptors (Lipinski definition) is 7. The van der Waals surface area contributed by atoms with Crippen molar-refractivity contribution in [2.45, 2.75) is 13.5 Å². The van der Waals surface area contributed by atoms with Crippen molar-refractivity contribution in [1.82, 2.24) is 10.3 Å². The highest BCUT2D eigenvalue weighted by Gasteiger charge is 2.23. The van der Waals surface area contributed by atoms with E-state index in [2.05, 4.69) is 10.3 Å². The molecule has 1 saturated heterocycles. The zero-order chi connectivity index (χ0) is 14.7. The molecule has 1 amide bonds. The fourth-order valence-corrected chi connectivity index (χ4v) is 2.84.